The molecule has 0 saturated carbocycles. The summed E-state index contributed by atoms with van der Waals surface area (Å²) in [5.41, 5.74) is 0.962. The molecular formula is C22H16ClF2NO2S. The predicted octanol–water partition coefficient (Wildman–Crippen LogP) is 6.38. The second kappa shape index (κ2) is 8.35. The number of alkyl halides is 2. The lowest BCUT2D eigenvalue weighted by Gasteiger charge is -2.11. The van der Waals surface area contributed by atoms with E-state index in [1.165, 1.54) is 6.07 Å². The second-order valence-electron chi connectivity index (χ2n) is 6.31. The van der Waals surface area contributed by atoms with Crippen molar-refractivity contribution < 1.29 is 17.7 Å². The quantitative estimate of drug-likeness (QED) is 0.354. The summed E-state index contributed by atoms with van der Waals surface area (Å²) in [5.74, 6) is 0.381. The van der Waals surface area contributed by atoms with Crippen molar-refractivity contribution in [2.75, 3.05) is 0 Å². The van der Waals surface area contributed by atoms with Gasteiger partial charge < -0.3 is 4.74 Å². The lowest BCUT2D eigenvalue weighted by molar-refractivity contribution is 0.145. The van der Waals surface area contributed by atoms with Gasteiger partial charge in [-0.25, -0.2) is 13.0 Å². The van der Waals surface area contributed by atoms with Crippen LogP contribution in [0.4, 0.5) is 8.78 Å². The maximum atomic E-state index is 13.7. The molecule has 1 aromatic heterocycles. The highest BCUT2D eigenvalue weighted by Gasteiger charge is 2.24. The Hall–Kier alpha value is -2.70. The van der Waals surface area contributed by atoms with Gasteiger partial charge in [0.2, 0.25) is 0 Å². The van der Waals surface area contributed by atoms with E-state index >= 15 is 0 Å². The van der Waals surface area contributed by atoms with Crippen LogP contribution in [0.15, 0.2) is 83.8 Å². The molecule has 0 N–H and O–H groups in total. The van der Waals surface area contributed by atoms with Crippen LogP contribution in [0, 0.1) is 0 Å². The van der Waals surface area contributed by atoms with E-state index < -0.39 is 17.4 Å². The standard InChI is InChI=1S/C22H16ClF2NO2S/c23-21-17-13-19(22(24)25)26(29(27)16-9-5-2-6-10-16)18(17)11-12-20(21)28-14-15-7-3-1-4-8-15/h1-13,22H,14H2. The summed E-state index contributed by atoms with van der Waals surface area (Å²) in [4.78, 5) is 0.424. The molecular weight excluding hydrogens is 416 g/mol. The van der Waals surface area contributed by atoms with E-state index in [-0.39, 0.29) is 10.7 Å². The number of ether oxygens (including phenoxy) is 1. The van der Waals surface area contributed by atoms with Gasteiger partial charge in [0.1, 0.15) is 12.4 Å². The topological polar surface area (TPSA) is 31.2 Å². The van der Waals surface area contributed by atoms with E-state index in [0.29, 0.717) is 28.2 Å². The predicted molar refractivity (Wildman–Crippen MR) is 111 cm³/mol. The molecule has 1 heterocycles. The highest BCUT2D eigenvalue weighted by Crippen LogP contribution is 2.38. The van der Waals surface area contributed by atoms with E-state index in [1.807, 2.05) is 30.3 Å². The molecule has 3 aromatic carbocycles. The highest BCUT2D eigenvalue weighted by atomic mass is 35.5. The second-order valence-corrected chi connectivity index (χ2v) is 8.02. The van der Waals surface area contributed by atoms with Crippen molar-refractivity contribution in [3.05, 3.63) is 95.1 Å². The average molecular weight is 432 g/mol. The smallest absolute Gasteiger partial charge is 0.279 e. The summed E-state index contributed by atoms with van der Waals surface area (Å²) >= 11 is 6.47. The summed E-state index contributed by atoms with van der Waals surface area (Å²) in [6.45, 7) is 0.296. The fourth-order valence-electron chi connectivity index (χ4n) is 3.05. The summed E-state index contributed by atoms with van der Waals surface area (Å²) < 4.78 is 47.4. The maximum absolute atomic E-state index is 13.7. The van der Waals surface area contributed by atoms with Gasteiger partial charge in [-0.2, -0.15) is 0 Å². The number of benzene rings is 3. The Morgan fingerprint density at radius 1 is 0.966 bits per heavy atom. The van der Waals surface area contributed by atoms with Gasteiger partial charge in [-0.05, 0) is 35.9 Å². The zero-order valence-corrected chi connectivity index (χ0v) is 16.7. The van der Waals surface area contributed by atoms with Gasteiger partial charge >= 0.3 is 0 Å². The van der Waals surface area contributed by atoms with E-state index in [9.17, 15) is 13.0 Å². The highest BCUT2D eigenvalue weighted by molar-refractivity contribution is 7.83. The monoisotopic (exact) mass is 431 g/mol. The van der Waals surface area contributed by atoms with Crippen LogP contribution in [0.5, 0.6) is 5.75 Å². The van der Waals surface area contributed by atoms with Gasteiger partial charge in [0.15, 0.2) is 11.0 Å². The van der Waals surface area contributed by atoms with Crippen LogP contribution in [0.3, 0.4) is 0 Å². The summed E-state index contributed by atoms with van der Waals surface area (Å²) in [6.07, 6.45) is -2.81. The van der Waals surface area contributed by atoms with Crippen molar-refractivity contribution in [3.8, 4) is 5.75 Å². The third-order valence-electron chi connectivity index (χ3n) is 4.44. The molecule has 0 amide bonds. The molecule has 0 aliphatic carbocycles. The van der Waals surface area contributed by atoms with E-state index in [1.54, 1.807) is 42.5 Å². The van der Waals surface area contributed by atoms with Gasteiger partial charge in [-0.3, -0.25) is 3.97 Å². The van der Waals surface area contributed by atoms with E-state index in [4.69, 9.17) is 16.3 Å². The Morgan fingerprint density at radius 2 is 1.62 bits per heavy atom. The van der Waals surface area contributed by atoms with Gasteiger partial charge in [0.25, 0.3) is 6.43 Å². The molecule has 0 radical (unpaired) electrons. The molecule has 3 nitrogen and oxygen atoms in total. The zero-order valence-electron chi connectivity index (χ0n) is 15.1. The lowest BCUT2D eigenvalue weighted by atomic mass is 10.2. The Kier molecular flexibility index (Phi) is 5.65. The van der Waals surface area contributed by atoms with Crippen LogP contribution in [0.25, 0.3) is 10.9 Å². The Morgan fingerprint density at radius 3 is 2.28 bits per heavy atom. The van der Waals surface area contributed by atoms with Gasteiger partial charge in [0.05, 0.1) is 21.1 Å². The molecule has 29 heavy (non-hydrogen) atoms. The first-order valence-electron chi connectivity index (χ1n) is 8.82. The molecule has 0 saturated heterocycles. The largest absolute Gasteiger partial charge is 0.487 e. The first-order valence-corrected chi connectivity index (χ1v) is 10.3. The lowest BCUT2D eigenvalue weighted by Crippen LogP contribution is -2.09. The Bertz CT molecular complexity index is 1160. The third kappa shape index (κ3) is 3.91. The van der Waals surface area contributed by atoms with E-state index in [2.05, 4.69) is 0 Å². The molecule has 0 fully saturated rings. The molecule has 1 atom stereocenters. The van der Waals surface area contributed by atoms with Crippen LogP contribution in [0.2, 0.25) is 5.02 Å². The number of hydrogen-bond acceptors (Lipinski definition) is 2. The van der Waals surface area contributed by atoms with Crippen LogP contribution >= 0.6 is 11.6 Å². The fraction of sp³-hybridized carbons (Fsp3) is 0.0909. The molecule has 0 spiro atoms. The minimum Gasteiger partial charge on any atom is -0.487 e. The van der Waals surface area contributed by atoms with Crippen molar-refractivity contribution in [2.24, 2.45) is 0 Å². The molecule has 0 aliphatic rings. The maximum Gasteiger partial charge on any atom is 0.279 e. The molecule has 4 aromatic rings. The molecule has 0 aliphatic heterocycles. The molecule has 4 rings (SSSR count). The summed E-state index contributed by atoms with van der Waals surface area (Å²) in [7, 11) is -1.83. The van der Waals surface area contributed by atoms with Crippen molar-refractivity contribution in [2.45, 2.75) is 17.9 Å². The number of nitrogens with zero attached hydrogens (tertiary/aromatic N) is 1. The van der Waals surface area contributed by atoms with Crippen LogP contribution in [-0.2, 0) is 17.6 Å². The van der Waals surface area contributed by atoms with Gasteiger partial charge in [-0.15, -0.1) is 0 Å². The van der Waals surface area contributed by atoms with Crippen LogP contribution in [-0.4, -0.2) is 8.18 Å². The molecule has 7 heteroatoms. The van der Waals surface area contributed by atoms with Crippen molar-refractivity contribution >= 4 is 33.5 Å². The first-order chi connectivity index (χ1) is 14.1. The number of halogens is 3. The summed E-state index contributed by atoms with van der Waals surface area (Å²) in [6, 6.07) is 22.5. The first kappa shape index (κ1) is 19.6. The zero-order chi connectivity index (χ0) is 20.4. The van der Waals surface area contributed by atoms with Crippen LogP contribution < -0.4 is 4.74 Å². The minimum atomic E-state index is -2.81. The molecule has 1 unspecified atom stereocenters. The number of aromatic nitrogens is 1. The average Bonchev–Trinajstić information content (AvgIpc) is 3.15. The summed E-state index contributed by atoms with van der Waals surface area (Å²) in [5, 5.41) is 0.584. The van der Waals surface area contributed by atoms with Crippen LogP contribution in [0.1, 0.15) is 17.7 Å². The van der Waals surface area contributed by atoms with Gasteiger partial charge in [-0.1, -0.05) is 60.1 Å². The van der Waals surface area contributed by atoms with Crippen molar-refractivity contribution in [1.29, 1.82) is 0 Å². The Balaban J connectivity index is 1.76. The number of fused-ring (bicyclic) bond motifs is 1. The number of rotatable bonds is 6. The van der Waals surface area contributed by atoms with Crippen molar-refractivity contribution in [1.82, 2.24) is 3.97 Å². The normalized spacial score (nSPS) is 12.4. The van der Waals surface area contributed by atoms with Gasteiger partial charge in [0, 0.05) is 5.39 Å². The molecule has 148 valence electrons. The minimum absolute atomic E-state index is 0.212. The van der Waals surface area contributed by atoms with E-state index in [0.717, 1.165) is 9.54 Å². The fourth-order valence-corrected chi connectivity index (χ4v) is 4.58. The third-order valence-corrected chi connectivity index (χ3v) is 6.24. The molecule has 0 bridgehead atoms. The Labute approximate surface area is 174 Å². The SMILES string of the molecule is O=S(c1ccccc1)n1c(C(F)F)cc2c(Cl)c(OCc3ccccc3)ccc21. The van der Waals surface area contributed by atoms with Crippen molar-refractivity contribution in [3.63, 3.8) is 0 Å². The number of hydrogen-bond donors (Lipinski definition) is 0.